The number of anilines is 1. The number of amides is 1. The van der Waals surface area contributed by atoms with Crippen molar-refractivity contribution in [2.45, 2.75) is 12.1 Å². The summed E-state index contributed by atoms with van der Waals surface area (Å²) in [7, 11) is 0. The van der Waals surface area contributed by atoms with E-state index in [0.717, 1.165) is 17.0 Å². The van der Waals surface area contributed by atoms with Crippen LogP contribution in [0.2, 0.25) is 0 Å². The monoisotopic (exact) mass is 351 g/mol. The maximum absolute atomic E-state index is 12.1. The second kappa shape index (κ2) is 7.81. The first kappa shape index (κ1) is 17.0. The Bertz CT molecular complexity index is 868. The van der Waals surface area contributed by atoms with Crippen LogP contribution < -0.4 is 5.32 Å². The van der Waals surface area contributed by atoms with Gasteiger partial charge in [-0.15, -0.1) is 0 Å². The summed E-state index contributed by atoms with van der Waals surface area (Å²) in [4.78, 5) is 21.0. The summed E-state index contributed by atoms with van der Waals surface area (Å²) >= 11 is 1.29. The van der Waals surface area contributed by atoms with Crippen LogP contribution in [0.4, 0.5) is 5.69 Å². The molecule has 3 rings (SSSR count). The molecule has 1 amide bonds. The number of nitrogens with one attached hydrogen (secondary N) is 1. The van der Waals surface area contributed by atoms with Crippen molar-refractivity contribution in [2.24, 2.45) is 0 Å². The van der Waals surface area contributed by atoms with Gasteiger partial charge in [-0.25, -0.2) is 9.97 Å². The number of thioether (sulfide) groups is 1. The van der Waals surface area contributed by atoms with Crippen molar-refractivity contribution >= 4 is 23.4 Å². The van der Waals surface area contributed by atoms with Gasteiger partial charge in [0.05, 0.1) is 11.4 Å². The number of phenols is 1. The summed E-state index contributed by atoms with van der Waals surface area (Å²) in [6, 6.07) is 18.1. The van der Waals surface area contributed by atoms with Crippen LogP contribution in [0.3, 0.4) is 0 Å². The number of carbonyl (C=O) groups excluding carboxylic acids is 1. The topological polar surface area (TPSA) is 75.1 Å². The van der Waals surface area contributed by atoms with Gasteiger partial charge in [0.15, 0.2) is 5.16 Å². The Labute approximate surface area is 150 Å². The lowest BCUT2D eigenvalue weighted by Crippen LogP contribution is -2.14. The van der Waals surface area contributed by atoms with Crippen molar-refractivity contribution < 1.29 is 9.90 Å². The standard InChI is InChI=1S/C19H17N3O2S/c1-13-11-17(14-5-3-2-4-6-14)22-19(20-13)25-12-18(24)21-15-7-9-16(23)10-8-15/h2-11,23H,12H2,1H3,(H,21,24). The lowest BCUT2D eigenvalue weighted by Gasteiger charge is -2.07. The summed E-state index contributed by atoms with van der Waals surface area (Å²) in [5.41, 5.74) is 3.35. The van der Waals surface area contributed by atoms with Gasteiger partial charge in [-0.1, -0.05) is 42.1 Å². The van der Waals surface area contributed by atoms with Crippen LogP contribution in [0, 0.1) is 6.92 Å². The Balaban J connectivity index is 1.65. The highest BCUT2D eigenvalue weighted by atomic mass is 32.2. The minimum absolute atomic E-state index is 0.151. The lowest BCUT2D eigenvalue weighted by molar-refractivity contribution is -0.113. The van der Waals surface area contributed by atoms with E-state index >= 15 is 0 Å². The number of benzene rings is 2. The van der Waals surface area contributed by atoms with E-state index in [-0.39, 0.29) is 17.4 Å². The van der Waals surface area contributed by atoms with E-state index in [9.17, 15) is 9.90 Å². The van der Waals surface area contributed by atoms with E-state index in [1.165, 1.54) is 23.9 Å². The van der Waals surface area contributed by atoms with E-state index in [1.807, 2.05) is 43.3 Å². The van der Waals surface area contributed by atoms with Crippen LogP contribution in [0.5, 0.6) is 5.75 Å². The molecule has 0 aliphatic carbocycles. The highest BCUT2D eigenvalue weighted by Crippen LogP contribution is 2.22. The molecule has 5 nitrogen and oxygen atoms in total. The molecule has 0 radical (unpaired) electrons. The van der Waals surface area contributed by atoms with Crippen molar-refractivity contribution in [2.75, 3.05) is 11.1 Å². The maximum atomic E-state index is 12.1. The van der Waals surface area contributed by atoms with Crippen molar-refractivity contribution in [1.82, 2.24) is 9.97 Å². The average molecular weight is 351 g/mol. The fourth-order valence-electron chi connectivity index (χ4n) is 2.23. The van der Waals surface area contributed by atoms with Crippen LogP contribution in [0.1, 0.15) is 5.69 Å². The van der Waals surface area contributed by atoms with Crippen LogP contribution >= 0.6 is 11.8 Å². The molecule has 1 aromatic heterocycles. The Hall–Kier alpha value is -2.86. The second-order valence-corrected chi connectivity index (χ2v) is 6.37. The highest BCUT2D eigenvalue weighted by molar-refractivity contribution is 7.99. The Kier molecular flexibility index (Phi) is 5.30. The molecular weight excluding hydrogens is 334 g/mol. The molecule has 0 aliphatic rings. The SMILES string of the molecule is Cc1cc(-c2ccccc2)nc(SCC(=O)Nc2ccc(O)cc2)n1. The van der Waals surface area contributed by atoms with E-state index < -0.39 is 0 Å². The first-order valence-electron chi connectivity index (χ1n) is 7.73. The normalized spacial score (nSPS) is 10.4. The molecule has 2 N–H and O–H groups in total. The Morgan fingerprint density at radius 3 is 2.52 bits per heavy atom. The minimum atomic E-state index is -0.151. The molecule has 6 heteroatoms. The molecule has 3 aromatic rings. The van der Waals surface area contributed by atoms with Gasteiger partial charge < -0.3 is 10.4 Å². The average Bonchev–Trinajstić information content (AvgIpc) is 2.62. The fourth-order valence-corrected chi connectivity index (χ4v) is 2.94. The van der Waals surface area contributed by atoms with Crippen LogP contribution in [0.25, 0.3) is 11.3 Å². The molecule has 0 fully saturated rings. The summed E-state index contributed by atoms with van der Waals surface area (Å²) in [6.45, 7) is 1.91. The van der Waals surface area contributed by atoms with Gasteiger partial charge in [0, 0.05) is 16.9 Å². The molecule has 0 aliphatic heterocycles. The first-order valence-corrected chi connectivity index (χ1v) is 8.71. The zero-order valence-corrected chi connectivity index (χ0v) is 14.5. The molecular formula is C19H17N3O2S. The minimum Gasteiger partial charge on any atom is -0.508 e. The van der Waals surface area contributed by atoms with Crippen LogP contribution in [-0.4, -0.2) is 26.7 Å². The van der Waals surface area contributed by atoms with E-state index in [4.69, 9.17) is 0 Å². The summed E-state index contributed by atoms with van der Waals surface area (Å²) in [5.74, 6) is 0.217. The van der Waals surface area contributed by atoms with Gasteiger partial charge in [-0.05, 0) is 37.3 Å². The van der Waals surface area contributed by atoms with Crippen LogP contribution in [0.15, 0.2) is 65.8 Å². The number of carbonyl (C=O) groups is 1. The number of aromatic nitrogens is 2. The molecule has 0 bridgehead atoms. The smallest absolute Gasteiger partial charge is 0.234 e. The van der Waals surface area contributed by atoms with Gasteiger partial charge in [0.1, 0.15) is 5.75 Å². The third kappa shape index (κ3) is 4.81. The quantitative estimate of drug-likeness (QED) is 0.414. The maximum Gasteiger partial charge on any atom is 0.234 e. The molecule has 0 saturated heterocycles. The van der Waals surface area contributed by atoms with Crippen molar-refractivity contribution in [3.63, 3.8) is 0 Å². The molecule has 0 atom stereocenters. The van der Waals surface area contributed by atoms with E-state index in [2.05, 4.69) is 15.3 Å². The zero-order valence-electron chi connectivity index (χ0n) is 13.6. The van der Waals surface area contributed by atoms with E-state index in [1.54, 1.807) is 12.1 Å². The molecule has 0 spiro atoms. The van der Waals surface area contributed by atoms with Crippen molar-refractivity contribution in [3.05, 3.63) is 66.4 Å². The molecule has 0 unspecified atom stereocenters. The Morgan fingerprint density at radius 2 is 1.80 bits per heavy atom. The number of aryl methyl sites for hydroxylation is 1. The lowest BCUT2D eigenvalue weighted by atomic mass is 10.1. The summed E-state index contributed by atoms with van der Waals surface area (Å²) in [6.07, 6.45) is 0. The van der Waals surface area contributed by atoms with Gasteiger partial charge >= 0.3 is 0 Å². The van der Waals surface area contributed by atoms with Gasteiger partial charge in [-0.3, -0.25) is 4.79 Å². The number of rotatable bonds is 5. The fraction of sp³-hybridized carbons (Fsp3) is 0.105. The summed E-state index contributed by atoms with van der Waals surface area (Å²) < 4.78 is 0. The number of phenolic OH excluding ortho intramolecular Hbond substituents is 1. The molecule has 25 heavy (non-hydrogen) atoms. The first-order chi connectivity index (χ1) is 12.1. The van der Waals surface area contributed by atoms with Crippen LogP contribution in [-0.2, 0) is 4.79 Å². The highest BCUT2D eigenvalue weighted by Gasteiger charge is 2.08. The van der Waals surface area contributed by atoms with Crippen molar-refractivity contribution in [3.8, 4) is 17.0 Å². The molecule has 126 valence electrons. The molecule has 0 saturated carbocycles. The summed E-state index contributed by atoms with van der Waals surface area (Å²) in [5, 5.41) is 12.6. The molecule has 2 aromatic carbocycles. The predicted molar refractivity (Wildman–Crippen MR) is 99.7 cm³/mol. The number of hydrogen-bond acceptors (Lipinski definition) is 5. The second-order valence-electron chi connectivity index (χ2n) is 5.43. The largest absolute Gasteiger partial charge is 0.508 e. The third-order valence-corrected chi connectivity index (χ3v) is 4.23. The van der Waals surface area contributed by atoms with Gasteiger partial charge in [-0.2, -0.15) is 0 Å². The van der Waals surface area contributed by atoms with Gasteiger partial charge in [0.25, 0.3) is 0 Å². The van der Waals surface area contributed by atoms with E-state index in [0.29, 0.717) is 10.8 Å². The van der Waals surface area contributed by atoms with Gasteiger partial charge in [0.2, 0.25) is 5.91 Å². The van der Waals surface area contributed by atoms with Crippen molar-refractivity contribution in [1.29, 1.82) is 0 Å². The number of hydrogen-bond donors (Lipinski definition) is 2. The number of aromatic hydroxyl groups is 1. The number of nitrogens with zero attached hydrogens (tertiary/aromatic N) is 2. The zero-order chi connectivity index (χ0) is 17.6. The third-order valence-electron chi connectivity index (χ3n) is 3.39. The Morgan fingerprint density at radius 1 is 1.08 bits per heavy atom. The predicted octanol–water partition coefficient (Wildman–Crippen LogP) is 3.89. The molecule has 1 heterocycles.